The summed E-state index contributed by atoms with van der Waals surface area (Å²) >= 11 is 0. The number of ether oxygens (including phenoxy) is 1. The van der Waals surface area contributed by atoms with Gasteiger partial charge in [0.1, 0.15) is 5.60 Å². The Kier molecular flexibility index (Phi) is 4.08. The van der Waals surface area contributed by atoms with E-state index in [4.69, 9.17) is 10.5 Å². The van der Waals surface area contributed by atoms with E-state index in [1.807, 2.05) is 51.1 Å². The van der Waals surface area contributed by atoms with Crippen LogP contribution in [0.25, 0.3) is 0 Å². The van der Waals surface area contributed by atoms with Crippen LogP contribution >= 0.6 is 0 Å². The van der Waals surface area contributed by atoms with Crippen LogP contribution in [0.3, 0.4) is 0 Å². The van der Waals surface area contributed by atoms with E-state index >= 15 is 0 Å². The summed E-state index contributed by atoms with van der Waals surface area (Å²) in [5.74, 6) is 0. The van der Waals surface area contributed by atoms with Crippen molar-refractivity contribution in [2.24, 2.45) is 5.73 Å². The molecule has 3 N–H and O–H groups in total. The average molecular weight is 223 g/mol. The minimum absolute atomic E-state index is 0.146. The van der Waals surface area contributed by atoms with Crippen LogP contribution in [0.4, 0.5) is 0 Å². The zero-order valence-corrected chi connectivity index (χ0v) is 10.2. The molecule has 0 heterocycles. The Morgan fingerprint density at radius 1 is 1.19 bits per heavy atom. The number of benzene rings is 1. The molecule has 0 saturated carbocycles. The molecule has 3 nitrogen and oxygen atoms in total. The number of nitrogens with two attached hydrogens (primary N) is 1. The fraction of sp³-hybridized carbons (Fsp3) is 0.538. The van der Waals surface area contributed by atoms with Gasteiger partial charge in [0, 0.05) is 6.54 Å². The first-order chi connectivity index (χ1) is 7.37. The molecule has 0 spiro atoms. The van der Waals surface area contributed by atoms with Crippen molar-refractivity contribution in [1.82, 2.24) is 0 Å². The predicted octanol–water partition coefficient (Wildman–Crippen LogP) is 1.65. The molecule has 90 valence electrons. The quantitative estimate of drug-likeness (QED) is 0.816. The van der Waals surface area contributed by atoms with Gasteiger partial charge in [0.15, 0.2) is 0 Å². The summed E-state index contributed by atoms with van der Waals surface area (Å²) in [6.45, 7) is 6.21. The Balaban J connectivity index is 2.79. The van der Waals surface area contributed by atoms with Crippen LogP contribution in [0, 0.1) is 0 Å². The molecule has 1 rings (SSSR count). The summed E-state index contributed by atoms with van der Waals surface area (Å²) < 4.78 is 5.61. The number of hydrogen-bond donors (Lipinski definition) is 2. The first-order valence-corrected chi connectivity index (χ1v) is 5.49. The highest BCUT2D eigenvalue weighted by Crippen LogP contribution is 2.22. The Hall–Kier alpha value is -0.900. The molecule has 1 atom stereocenters. The van der Waals surface area contributed by atoms with E-state index in [1.165, 1.54) is 0 Å². The lowest BCUT2D eigenvalue weighted by atomic mass is 9.94. The van der Waals surface area contributed by atoms with Gasteiger partial charge in [-0.3, -0.25) is 0 Å². The van der Waals surface area contributed by atoms with Gasteiger partial charge in [-0.1, -0.05) is 30.3 Å². The molecule has 3 heteroatoms. The van der Waals surface area contributed by atoms with Crippen LogP contribution in [0.2, 0.25) is 0 Å². The van der Waals surface area contributed by atoms with Crippen LogP contribution in [0.5, 0.6) is 0 Å². The third-order valence-corrected chi connectivity index (χ3v) is 2.39. The molecule has 0 aliphatic carbocycles. The molecular weight excluding hydrogens is 202 g/mol. The smallest absolute Gasteiger partial charge is 0.125 e. The Morgan fingerprint density at radius 3 is 2.19 bits per heavy atom. The highest BCUT2D eigenvalue weighted by atomic mass is 16.5. The third-order valence-electron chi connectivity index (χ3n) is 2.39. The molecule has 1 unspecified atom stereocenters. The lowest BCUT2D eigenvalue weighted by molar-refractivity contribution is -0.0985. The van der Waals surface area contributed by atoms with E-state index in [0.717, 1.165) is 5.56 Å². The van der Waals surface area contributed by atoms with Gasteiger partial charge in [0.25, 0.3) is 0 Å². The van der Waals surface area contributed by atoms with E-state index in [2.05, 4.69) is 0 Å². The molecular formula is C13H21NO2. The minimum Gasteiger partial charge on any atom is -0.381 e. The van der Waals surface area contributed by atoms with Crippen LogP contribution in [0.1, 0.15) is 26.3 Å². The van der Waals surface area contributed by atoms with Gasteiger partial charge in [-0.2, -0.15) is 0 Å². The molecule has 0 bridgehead atoms. The monoisotopic (exact) mass is 223 g/mol. The van der Waals surface area contributed by atoms with Crippen molar-refractivity contribution < 1.29 is 9.84 Å². The van der Waals surface area contributed by atoms with Crippen LogP contribution < -0.4 is 5.73 Å². The summed E-state index contributed by atoms with van der Waals surface area (Å²) in [5.41, 5.74) is 5.05. The predicted molar refractivity (Wildman–Crippen MR) is 65.1 cm³/mol. The van der Waals surface area contributed by atoms with Crippen molar-refractivity contribution >= 4 is 0 Å². The fourth-order valence-electron chi connectivity index (χ4n) is 1.34. The summed E-state index contributed by atoms with van der Waals surface area (Å²) in [5, 5.41) is 10.4. The van der Waals surface area contributed by atoms with Gasteiger partial charge >= 0.3 is 0 Å². The lowest BCUT2D eigenvalue weighted by Crippen LogP contribution is -2.41. The zero-order chi connectivity index (χ0) is 12.2. The van der Waals surface area contributed by atoms with Crippen molar-refractivity contribution in [2.45, 2.75) is 32.0 Å². The first kappa shape index (κ1) is 13.2. The van der Waals surface area contributed by atoms with Gasteiger partial charge < -0.3 is 15.6 Å². The van der Waals surface area contributed by atoms with Crippen LogP contribution in [-0.2, 0) is 10.3 Å². The van der Waals surface area contributed by atoms with E-state index < -0.39 is 5.60 Å². The first-order valence-electron chi connectivity index (χ1n) is 5.49. The molecule has 0 amide bonds. The van der Waals surface area contributed by atoms with Crippen molar-refractivity contribution in [3.63, 3.8) is 0 Å². The number of rotatable bonds is 4. The fourth-order valence-corrected chi connectivity index (χ4v) is 1.34. The van der Waals surface area contributed by atoms with Crippen molar-refractivity contribution in [3.8, 4) is 0 Å². The molecule has 0 aliphatic rings. The van der Waals surface area contributed by atoms with E-state index in [9.17, 15) is 5.11 Å². The van der Waals surface area contributed by atoms with Gasteiger partial charge in [0.05, 0.1) is 12.2 Å². The summed E-state index contributed by atoms with van der Waals surface area (Å²) in [4.78, 5) is 0. The zero-order valence-electron chi connectivity index (χ0n) is 10.2. The van der Waals surface area contributed by atoms with Crippen molar-refractivity contribution in [3.05, 3.63) is 35.9 Å². The molecule has 16 heavy (non-hydrogen) atoms. The maximum atomic E-state index is 10.4. The van der Waals surface area contributed by atoms with E-state index in [0.29, 0.717) is 0 Å². The van der Waals surface area contributed by atoms with Crippen molar-refractivity contribution in [2.75, 3.05) is 13.2 Å². The number of aliphatic hydroxyl groups is 1. The van der Waals surface area contributed by atoms with Gasteiger partial charge in [-0.15, -0.1) is 0 Å². The second kappa shape index (κ2) is 4.95. The molecule has 0 radical (unpaired) electrons. The second-order valence-electron chi connectivity index (χ2n) is 5.00. The molecule has 1 aromatic rings. The van der Waals surface area contributed by atoms with E-state index in [-0.39, 0.29) is 18.8 Å². The molecule has 0 saturated heterocycles. The molecule has 0 aliphatic heterocycles. The summed E-state index contributed by atoms with van der Waals surface area (Å²) in [7, 11) is 0. The maximum Gasteiger partial charge on any atom is 0.125 e. The largest absolute Gasteiger partial charge is 0.381 e. The van der Waals surface area contributed by atoms with E-state index in [1.54, 1.807) is 0 Å². The average Bonchev–Trinajstić information content (AvgIpc) is 2.26. The summed E-state index contributed by atoms with van der Waals surface area (Å²) in [6, 6.07) is 9.39. The van der Waals surface area contributed by atoms with Crippen molar-refractivity contribution in [1.29, 1.82) is 0 Å². The minimum atomic E-state index is -1.10. The summed E-state index contributed by atoms with van der Waals surface area (Å²) in [6.07, 6.45) is 0. The Bertz CT molecular complexity index is 318. The lowest BCUT2D eigenvalue weighted by Gasteiger charge is -2.31. The number of hydrogen-bond acceptors (Lipinski definition) is 3. The second-order valence-corrected chi connectivity index (χ2v) is 5.00. The molecule has 0 fully saturated rings. The van der Waals surface area contributed by atoms with Gasteiger partial charge in [0.2, 0.25) is 0 Å². The van der Waals surface area contributed by atoms with Gasteiger partial charge in [-0.05, 0) is 26.3 Å². The Morgan fingerprint density at radius 2 is 1.75 bits per heavy atom. The molecule has 1 aromatic carbocycles. The van der Waals surface area contributed by atoms with Crippen LogP contribution in [0.15, 0.2) is 30.3 Å². The standard InChI is InChI=1S/C13H21NO2/c1-12(2,3)16-10-13(15,9-14)11-7-5-4-6-8-11/h4-8,15H,9-10,14H2,1-3H3. The highest BCUT2D eigenvalue weighted by Gasteiger charge is 2.29. The van der Waals surface area contributed by atoms with Crippen LogP contribution in [-0.4, -0.2) is 23.9 Å². The SMILES string of the molecule is CC(C)(C)OCC(O)(CN)c1ccccc1. The third kappa shape index (κ3) is 3.59. The normalized spacial score (nSPS) is 15.8. The maximum absolute atomic E-state index is 10.4. The van der Waals surface area contributed by atoms with Gasteiger partial charge in [-0.25, -0.2) is 0 Å². The topological polar surface area (TPSA) is 55.5 Å². The Labute approximate surface area is 97.2 Å². The molecule has 0 aromatic heterocycles. The highest BCUT2D eigenvalue weighted by molar-refractivity contribution is 5.22.